The maximum absolute atomic E-state index is 12.1. The van der Waals surface area contributed by atoms with Crippen molar-refractivity contribution in [2.75, 3.05) is 12.4 Å². The molecule has 0 aliphatic rings. The van der Waals surface area contributed by atoms with Gasteiger partial charge in [-0.2, -0.15) is 0 Å². The van der Waals surface area contributed by atoms with Crippen LogP contribution in [-0.4, -0.2) is 17.3 Å². The number of ether oxygens (including phenoxy) is 1. The van der Waals surface area contributed by atoms with Gasteiger partial charge >= 0.3 is 0 Å². The third kappa shape index (κ3) is 3.17. The number of nitrogens with zero attached hydrogens (tertiary/aromatic N) is 1. The monoisotopic (exact) mass is 316 g/mol. The zero-order chi connectivity index (χ0) is 14.7. The number of thioether (sulfide) groups is 1. The molecule has 2 aromatic carbocycles. The molecule has 0 saturated carbocycles. The maximum Gasteiger partial charge on any atom is 0.290 e. The van der Waals surface area contributed by atoms with Crippen LogP contribution < -0.4 is 10.1 Å². The summed E-state index contributed by atoms with van der Waals surface area (Å²) in [6.45, 7) is 0. The number of hydrogen-bond donors (Lipinski definition) is 1. The maximum atomic E-state index is 12.1. The number of fused-ring (bicyclic) bond motifs is 1. The molecule has 21 heavy (non-hydrogen) atoms. The fourth-order valence-corrected chi connectivity index (χ4v) is 3.68. The molecule has 1 aromatic heterocycles. The fraction of sp³-hybridized carbons (Fsp3) is 0.0667. The van der Waals surface area contributed by atoms with E-state index in [0.717, 1.165) is 26.3 Å². The van der Waals surface area contributed by atoms with E-state index in [2.05, 4.69) is 10.3 Å². The molecule has 0 bridgehead atoms. The SMILES string of the molecule is COc1ccccc1NC(=O)Sc1nc2ccccc2s1. The minimum absolute atomic E-state index is 0.182. The van der Waals surface area contributed by atoms with Crippen molar-refractivity contribution in [3.8, 4) is 5.75 Å². The Labute approximate surface area is 130 Å². The van der Waals surface area contributed by atoms with Crippen LogP contribution in [-0.2, 0) is 0 Å². The predicted octanol–water partition coefficient (Wildman–Crippen LogP) is 4.63. The van der Waals surface area contributed by atoms with Crippen LogP contribution >= 0.6 is 23.1 Å². The lowest BCUT2D eigenvalue weighted by molar-refractivity contribution is 0.269. The Morgan fingerprint density at radius 2 is 1.95 bits per heavy atom. The second kappa shape index (κ2) is 6.15. The molecule has 0 fully saturated rings. The average molecular weight is 316 g/mol. The number of hydrogen-bond acceptors (Lipinski definition) is 5. The molecule has 1 N–H and O–H groups in total. The summed E-state index contributed by atoms with van der Waals surface area (Å²) in [4.78, 5) is 16.5. The van der Waals surface area contributed by atoms with Crippen molar-refractivity contribution in [1.29, 1.82) is 0 Å². The van der Waals surface area contributed by atoms with Crippen molar-refractivity contribution < 1.29 is 9.53 Å². The van der Waals surface area contributed by atoms with Crippen LogP contribution in [0.5, 0.6) is 5.75 Å². The summed E-state index contributed by atoms with van der Waals surface area (Å²) in [6.07, 6.45) is 0. The van der Waals surface area contributed by atoms with Crippen LogP contribution in [0.15, 0.2) is 52.9 Å². The topological polar surface area (TPSA) is 51.2 Å². The first-order chi connectivity index (χ1) is 10.3. The Hall–Kier alpha value is -2.05. The summed E-state index contributed by atoms with van der Waals surface area (Å²) in [5.74, 6) is 0.635. The predicted molar refractivity (Wildman–Crippen MR) is 87.5 cm³/mol. The van der Waals surface area contributed by atoms with Crippen LogP contribution in [0.4, 0.5) is 10.5 Å². The van der Waals surface area contributed by atoms with E-state index >= 15 is 0 Å². The number of benzene rings is 2. The van der Waals surface area contributed by atoms with E-state index in [-0.39, 0.29) is 5.24 Å². The quantitative estimate of drug-likeness (QED) is 0.716. The Bertz CT molecular complexity index is 753. The van der Waals surface area contributed by atoms with Crippen molar-refractivity contribution in [3.63, 3.8) is 0 Å². The number of carbonyl (C=O) groups is 1. The zero-order valence-corrected chi connectivity index (χ0v) is 12.8. The van der Waals surface area contributed by atoms with Gasteiger partial charge in [-0.25, -0.2) is 4.98 Å². The summed E-state index contributed by atoms with van der Waals surface area (Å²) in [5.41, 5.74) is 1.56. The van der Waals surface area contributed by atoms with E-state index in [9.17, 15) is 4.79 Å². The molecule has 0 radical (unpaired) electrons. The molecule has 4 nitrogen and oxygen atoms in total. The molecule has 0 aliphatic carbocycles. The Morgan fingerprint density at radius 1 is 1.19 bits per heavy atom. The van der Waals surface area contributed by atoms with Gasteiger partial charge in [0.2, 0.25) is 0 Å². The van der Waals surface area contributed by atoms with Crippen LogP contribution in [0.25, 0.3) is 10.2 Å². The number of para-hydroxylation sites is 3. The van der Waals surface area contributed by atoms with Crippen molar-refractivity contribution in [2.45, 2.75) is 4.34 Å². The molecular formula is C15H12N2O2S2. The summed E-state index contributed by atoms with van der Waals surface area (Å²) in [5, 5.41) is 2.64. The molecular weight excluding hydrogens is 304 g/mol. The lowest BCUT2D eigenvalue weighted by Gasteiger charge is -2.08. The first-order valence-electron chi connectivity index (χ1n) is 6.23. The lowest BCUT2D eigenvalue weighted by atomic mass is 10.3. The van der Waals surface area contributed by atoms with Gasteiger partial charge in [0.25, 0.3) is 5.24 Å². The minimum atomic E-state index is -0.182. The average Bonchev–Trinajstić information content (AvgIpc) is 2.89. The van der Waals surface area contributed by atoms with E-state index in [1.54, 1.807) is 19.2 Å². The van der Waals surface area contributed by atoms with E-state index in [1.165, 1.54) is 11.3 Å². The van der Waals surface area contributed by atoms with Gasteiger partial charge in [-0.15, -0.1) is 11.3 Å². The third-order valence-electron chi connectivity index (χ3n) is 2.80. The molecule has 0 saturated heterocycles. The number of nitrogens with one attached hydrogen (secondary N) is 1. The van der Waals surface area contributed by atoms with Gasteiger partial charge in [0, 0.05) is 11.8 Å². The molecule has 3 aromatic rings. The highest BCUT2D eigenvalue weighted by Gasteiger charge is 2.11. The number of thiazole rings is 1. The molecule has 3 rings (SSSR count). The van der Waals surface area contributed by atoms with Crippen molar-refractivity contribution in [3.05, 3.63) is 48.5 Å². The summed E-state index contributed by atoms with van der Waals surface area (Å²) in [7, 11) is 1.58. The number of amides is 1. The molecule has 0 atom stereocenters. The van der Waals surface area contributed by atoms with E-state index < -0.39 is 0 Å². The number of methoxy groups -OCH3 is 1. The highest BCUT2D eigenvalue weighted by molar-refractivity contribution is 8.15. The van der Waals surface area contributed by atoms with Gasteiger partial charge in [-0.05, 0) is 24.3 Å². The number of rotatable bonds is 3. The second-order valence-corrected chi connectivity index (χ2v) is 6.41. The normalized spacial score (nSPS) is 10.5. The Kier molecular flexibility index (Phi) is 4.08. The van der Waals surface area contributed by atoms with Crippen LogP contribution in [0.3, 0.4) is 0 Å². The summed E-state index contributed by atoms with van der Waals surface area (Å²) >= 11 is 2.59. The van der Waals surface area contributed by atoms with Gasteiger partial charge in [0.1, 0.15) is 5.75 Å². The van der Waals surface area contributed by atoms with Crippen LogP contribution in [0.1, 0.15) is 0 Å². The molecule has 0 unspecified atom stereocenters. The Balaban J connectivity index is 1.74. The van der Waals surface area contributed by atoms with Gasteiger partial charge in [0.15, 0.2) is 4.34 Å². The van der Waals surface area contributed by atoms with Crippen molar-refractivity contribution in [2.24, 2.45) is 0 Å². The summed E-state index contributed by atoms with van der Waals surface area (Å²) < 4.78 is 7.01. The highest BCUT2D eigenvalue weighted by Crippen LogP contribution is 2.31. The molecule has 106 valence electrons. The van der Waals surface area contributed by atoms with E-state index in [1.807, 2.05) is 36.4 Å². The summed E-state index contributed by atoms with van der Waals surface area (Å²) in [6, 6.07) is 15.1. The van der Waals surface area contributed by atoms with Crippen molar-refractivity contribution >= 4 is 44.2 Å². The van der Waals surface area contributed by atoms with Crippen molar-refractivity contribution in [1.82, 2.24) is 4.98 Å². The number of carbonyl (C=O) groups excluding carboxylic acids is 1. The lowest BCUT2D eigenvalue weighted by Crippen LogP contribution is -2.05. The van der Waals surface area contributed by atoms with Gasteiger partial charge in [0.05, 0.1) is 23.0 Å². The minimum Gasteiger partial charge on any atom is -0.495 e. The smallest absolute Gasteiger partial charge is 0.290 e. The van der Waals surface area contributed by atoms with Crippen LogP contribution in [0, 0.1) is 0 Å². The highest BCUT2D eigenvalue weighted by atomic mass is 32.2. The van der Waals surface area contributed by atoms with E-state index in [4.69, 9.17) is 4.74 Å². The van der Waals surface area contributed by atoms with Crippen LogP contribution in [0.2, 0.25) is 0 Å². The number of anilines is 1. The molecule has 0 spiro atoms. The molecule has 0 aliphatic heterocycles. The fourth-order valence-electron chi connectivity index (χ4n) is 1.86. The zero-order valence-electron chi connectivity index (χ0n) is 11.2. The molecule has 1 amide bonds. The second-order valence-electron chi connectivity index (χ2n) is 4.16. The van der Waals surface area contributed by atoms with E-state index in [0.29, 0.717) is 11.4 Å². The first-order valence-corrected chi connectivity index (χ1v) is 7.87. The molecule has 6 heteroatoms. The third-order valence-corrected chi connectivity index (χ3v) is 4.68. The Morgan fingerprint density at radius 3 is 2.76 bits per heavy atom. The number of aromatic nitrogens is 1. The van der Waals surface area contributed by atoms with Gasteiger partial charge in [-0.3, -0.25) is 4.79 Å². The molecule has 1 heterocycles. The van der Waals surface area contributed by atoms with Gasteiger partial charge < -0.3 is 10.1 Å². The largest absolute Gasteiger partial charge is 0.495 e. The first kappa shape index (κ1) is 13.9. The standard InChI is InChI=1S/C15H12N2O2S2/c1-19-12-8-4-2-6-10(12)16-14(18)21-15-17-11-7-3-5-9-13(11)20-15/h2-9H,1H3,(H,16,18). The van der Waals surface area contributed by atoms with Gasteiger partial charge in [-0.1, -0.05) is 24.3 Å².